The second kappa shape index (κ2) is 7.17. The molecule has 0 fully saturated rings. The predicted molar refractivity (Wildman–Crippen MR) is 109 cm³/mol. The number of carbonyl (C=O) groups is 1. The number of anilines is 1. The van der Waals surface area contributed by atoms with Crippen LogP contribution in [0.2, 0.25) is 0 Å². The van der Waals surface area contributed by atoms with Crippen molar-refractivity contribution in [3.63, 3.8) is 0 Å². The third kappa shape index (κ3) is 3.64. The first-order chi connectivity index (χ1) is 12.3. The lowest BCUT2D eigenvalue weighted by Crippen LogP contribution is -2.47. The van der Waals surface area contributed by atoms with E-state index in [9.17, 15) is 9.59 Å². The maximum atomic E-state index is 12.9. The summed E-state index contributed by atoms with van der Waals surface area (Å²) >= 11 is 4.94. The summed E-state index contributed by atoms with van der Waals surface area (Å²) < 4.78 is 2.18. The Kier molecular flexibility index (Phi) is 5.11. The van der Waals surface area contributed by atoms with Crippen LogP contribution in [0.3, 0.4) is 0 Å². The number of hydrogen-bond acceptors (Lipinski definition) is 4. The van der Waals surface area contributed by atoms with Gasteiger partial charge in [-0.25, -0.2) is 4.68 Å². The average molecular weight is 432 g/mol. The van der Waals surface area contributed by atoms with Crippen molar-refractivity contribution in [3.05, 3.63) is 68.2 Å². The molecule has 134 valence electrons. The number of aryl methyl sites for hydroxylation is 1. The molecule has 1 N–H and O–H groups in total. The van der Waals surface area contributed by atoms with E-state index in [1.54, 1.807) is 19.9 Å². The summed E-state index contributed by atoms with van der Waals surface area (Å²) in [5.41, 5.74) is 0.826. The van der Waals surface area contributed by atoms with Gasteiger partial charge in [0.25, 0.3) is 11.5 Å². The average Bonchev–Trinajstić information content (AvgIpc) is 3.12. The highest BCUT2D eigenvalue weighted by Gasteiger charge is 2.32. The third-order valence-corrected chi connectivity index (χ3v) is 5.48. The molecule has 3 aromatic rings. The molecule has 0 radical (unpaired) electrons. The Morgan fingerprint density at radius 3 is 2.65 bits per heavy atom. The molecule has 0 saturated heterocycles. The van der Waals surface area contributed by atoms with Crippen molar-refractivity contribution in [1.82, 2.24) is 9.78 Å². The normalized spacial score (nSPS) is 11.4. The molecule has 0 unspecified atom stereocenters. The van der Waals surface area contributed by atoms with Gasteiger partial charge in [-0.1, -0.05) is 22.0 Å². The summed E-state index contributed by atoms with van der Waals surface area (Å²) in [4.78, 5) is 26.2. The molecule has 26 heavy (non-hydrogen) atoms. The van der Waals surface area contributed by atoms with E-state index in [1.165, 1.54) is 22.1 Å². The van der Waals surface area contributed by atoms with Crippen molar-refractivity contribution in [2.75, 3.05) is 5.32 Å². The Morgan fingerprint density at radius 1 is 1.23 bits per heavy atom. The number of hydrogen-bond donors (Lipinski definition) is 1. The Balaban J connectivity index is 1.95. The van der Waals surface area contributed by atoms with Gasteiger partial charge in [0.15, 0.2) is 0 Å². The first-order valence-corrected chi connectivity index (χ1v) is 9.68. The summed E-state index contributed by atoms with van der Waals surface area (Å²) in [6, 6.07) is 12.6. The van der Waals surface area contributed by atoms with Crippen molar-refractivity contribution in [1.29, 1.82) is 0 Å². The van der Waals surface area contributed by atoms with Gasteiger partial charge in [0.1, 0.15) is 11.2 Å². The zero-order chi connectivity index (χ0) is 18.9. The largest absolute Gasteiger partial charge is 0.324 e. The minimum Gasteiger partial charge on any atom is -0.324 e. The van der Waals surface area contributed by atoms with Crippen molar-refractivity contribution in [2.45, 2.75) is 26.3 Å². The lowest BCUT2D eigenvalue weighted by Gasteiger charge is -2.25. The molecule has 0 aliphatic carbocycles. The second-order valence-electron chi connectivity index (χ2n) is 6.42. The van der Waals surface area contributed by atoms with Crippen LogP contribution in [0, 0.1) is 6.92 Å². The van der Waals surface area contributed by atoms with Gasteiger partial charge in [-0.3, -0.25) is 9.59 Å². The lowest BCUT2D eigenvalue weighted by atomic mass is 10.0. The number of nitrogens with zero attached hydrogens (tertiary/aromatic N) is 2. The topological polar surface area (TPSA) is 64.0 Å². The van der Waals surface area contributed by atoms with Crippen molar-refractivity contribution < 1.29 is 4.79 Å². The van der Waals surface area contributed by atoms with Gasteiger partial charge in [-0.05, 0) is 62.0 Å². The zero-order valence-electron chi connectivity index (χ0n) is 14.6. The number of amides is 1. The Labute approximate surface area is 163 Å². The van der Waals surface area contributed by atoms with Crippen molar-refractivity contribution in [2.24, 2.45) is 0 Å². The van der Waals surface area contributed by atoms with E-state index in [1.807, 2.05) is 42.6 Å². The number of nitrogens with one attached hydrogen (secondary N) is 1. The molecule has 0 aliphatic rings. The first-order valence-electron chi connectivity index (χ1n) is 8.01. The van der Waals surface area contributed by atoms with E-state index < -0.39 is 5.54 Å². The molecule has 0 spiro atoms. The van der Waals surface area contributed by atoms with E-state index in [0.29, 0.717) is 11.4 Å². The molecule has 5 nitrogen and oxygen atoms in total. The number of halogens is 1. The molecule has 2 aromatic heterocycles. The molecule has 7 heteroatoms. The van der Waals surface area contributed by atoms with E-state index in [4.69, 9.17) is 0 Å². The quantitative estimate of drug-likeness (QED) is 0.664. The van der Waals surface area contributed by atoms with Crippen LogP contribution in [0.5, 0.6) is 0 Å². The van der Waals surface area contributed by atoms with Crippen LogP contribution in [-0.4, -0.2) is 15.7 Å². The molecular formula is C19H18BrN3O2S. The second-order valence-corrected chi connectivity index (χ2v) is 8.28. The fourth-order valence-corrected chi connectivity index (χ4v) is 3.67. The Morgan fingerprint density at radius 2 is 2.00 bits per heavy atom. The zero-order valence-corrected chi connectivity index (χ0v) is 17.0. The molecule has 1 aromatic carbocycles. The number of aromatic nitrogens is 2. The van der Waals surface area contributed by atoms with Gasteiger partial charge in [-0.2, -0.15) is 5.10 Å². The summed E-state index contributed by atoms with van der Waals surface area (Å²) in [6.45, 7) is 5.28. The van der Waals surface area contributed by atoms with E-state index in [2.05, 4.69) is 26.3 Å². The summed E-state index contributed by atoms with van der Waals surface area (Å²) in [6.07, 6.45) is 0. The van der Waals surface area contributed by atoms with Crippen LogP contribution in [0.15, 0.2) is 57.1 Å². The number of rotatable bonds is 4. The molecule has 2 heterocycles. The molecular weight excluding hydrogens is 414 g/mol. The molecule has 0 bridgehead atoms. The van der Waals surface area contributed by atoms with Gasteiger partial charge in [0.05, 0.1) is 4.88 Å². The molecule has 1 amide bonds. The highest BCUT2D eigenvalue weighted by molar-refractivity contribution is 9.10. The Bertz CT molecular complexity index is 1010. The Hall–Kier alpha value is -2.25. The van der Waals surface area contributed by atoms with Crippen LogP contribution in [0.4, 0.5) is 5.69 Å². The first kappa shape index (κ1) is 18.5. The monoisotopic (exact) mass is 431 g/mol. The van der Waals surface area contributed by atoms with Crippen molar-refractivity contribution >= 4 is 38.9 Å². The van der Waals surface area contributed by atoms with Crippen LogP contribution >= 0.6 is 27.3 Å². The summed E-state index contributed by atoms with van der Waals surface area (Å²) in [7, 11) is 0. The standard InChI is InChI=1S/C19H18BrN3O2S/c1-12-11-13(20)6-7-14(12)21-18(25)19(2,3)23-17(24)9-8-15(22-23)16-5-4-10-26-16/h4-11H,1-3H3,(H,21,25). The highest BCUT2D eigenvalue weighted by atomic mass is 79.9. The maximum absolute atomic E-state index is 12.9. The fourth-order valence-electron chi connectivity index (χ4n) is 2.51. The lowest BCUT2D eigenvalue weighted by molar-refractivity contribution is -0.123. The van der Waals surface area contributed by atoms with Gasteiger partial charge < -0.3 is 5.32 Å². The summed E-state index contributed by atoms with van der Waals surface area (Å²) in [5, 5.41) is 9.28. The van der Waals surface area contributed by atoms with E-state index >= 15 is 0 Å². The molecule has 0 aliphatic heterocycles. The van der Waals surface area contributed by atoms with Crippen LogP contribution in [0.25, 0.3) is 10.6 Å². The smallest absolute Gasteiger partial charge is 0.267 e. The van der Waals surface area contributed by atoms with Crippen LogP contribution in [-0.2, 0) is 10.3 Å². The molecule has 0 saturated carbocycles. The van der Waals surface area contributed by atoms with Crippen molar-refractivity contribution in [3.8, 4) is 10.6 Å². The highest BCUT2D eigenvalue weighted by Crippen LogP contribution is 2.24. The van der Waals surface area contributed by atoms with Gasteiger partial charge in [-0.15, -0.1) is 11.3 Å². The summed E-state index contributed by atoms with van der Waals surface area (Å²) in [5.74, 6) is -0.305. The van der Waals surface area contributed by atoms with Crippen LogP contribution < -0.4 is 10.9 Å². The van der Waals surface area contributed by atoms with Gasteiger partial charge >= 0.3 is 0 Å². The van der Waals surface area contributed by atoms with Gasteiger partial charge in [0.2, 0.25) is 0 Å². The number of thiophene rings is 1. The molecule has 3 rings (SSSR count). The SMILES string of the molecule is Cc1cc(Br)ccc1NC(=O)C(C)(C)n1nc(-c2cccs2)ccc1=O. The van der Waals surface area contributed by atoms with Gasteiger partial charge in [0, 0.05) is 16.2 Å². The fraction of sp³-hybridized carbons (Fsp3) is 0.211. The molecule has 0 atom stereocenters. The maximum Gasteiger partial charge on any atom is 0.267 e. The number of carbonyl (C=O) groups excluding carboxylic acids is 1. The minimum absolute atomic E-state index is 0.305. The number of benzene rings is 1. The predicted octanol–water partition coefficient (Wildman–Crippen LogP) is 4.42. The van der Waals surface area contributed by atoms with Crippen LogP contribution in [0.1, 0.15) is 19.4 Å². The van der Waals surface area contributed by atoms with E-state index in [0.717, 1.165) is 14.9 Å². The third-order valence-electron chi connectivity index (χ3n) is 4.10. The van der Waals surface area contributed by atoms with E-state index in [-0.39, 0.29) is 11.5 Å². The minimum atomic E-state index is -1.15.